The number of carbonyl (C=O) groups excluding carboxylic acids is 12. The third-order valence-corrected chi connectivity index (χ3v) is 15.7. The molecule has 0 unspecified atom stereocenters. The summed E-state index contributed by atoms with van der Waals surface area (Å²) in [6.07, 6.45) is 6.76. The number of azide groups is 2. The van der Waals surface area contributed by atoms with Gasteiger partial charge in [0.05, 0.1) is 59.5 Å². The lowest BCUT2D eigenvalue weighted by molar-refractivity contribution is -0.197. The number of isothiocyanates is 4. The minimum absolute atomic E-state index is 0.0326. The van der Waals surface area contributed by atoms with Crippen molar-refractivity contribution in [2.45, 2.75) is 69.6 Å². The van der Waals surface area contributed by atoms with Gasteiger partial charge in [-0.25, -0.2) is 27.8 Å². The van der Waals surface area contributed by atoms with Crippen molar-refractivity contribution in [2.75, 3.05) is 12.3 Å². The van der Waals surface area contributed by atoms with Gasteiger partial charge in [-0.05, 0) is 180 Å². The molecular formula is C70H54N15O18S6-. The van der Waals surface area contributed by atoms with E-state index in [2.05, 4.69) is 149 Å². The Morgan fingerprint density at radius 3 is 1.40 bits per heavy atom. The fourth-order valence-corrected chi connectivity index (χ4v) is 10.2. The predicted octanol–water partition coefficient (Wildman–Crippen LogP) is 13.1. The molecule has 4 aliphatic rings. The summed E-state index contributed by atoms with van der Waals surface area (Å²) in [7, 11) is -4.65. The molecule has 0 aliphatic carbocycles. The summed E-state index contributed by atoms with van der Waals surface area (Å²) < 4.78 is 34.3. The Morgan fingerprint density at radius 1 is 0.541 bits per heavy atom. The third kappa shape index (κ3) is 30.2. The molecule has 109 heavy (non-hydrogen) atoms. The Kier molecular flexibility index (Phi) is 36.0. The number of imide groups is 4. The molecule has 39 heteroatoms. The van der Waals surface area contributed by atoms with E-state index in [1.807, 2.05) is 36.4 Å². The molecule has 0 atom stereocenters. The van der Waals surface area contributed by atoms with Crippen molar-refractivity contribution in [1.82, 2.24) is 20.1 Å². The highest BCUT2D eigenvalue weighted by Gasteiger charge is 2.35. The second kappa shape index (κ2) is 45.4. The lowest BCUT2D eigenvalue weighted by Gasteiger charge is -2.14. The first-order chi connectivity index (χ1) is 52.2. The van der Waals surface area contributed by atoms with E-state index >= 15 is 0 Å². The fraction of sp³-hybridized carbons (Fsp3) is 0.171. The molecule has 0 aromatic heterocycles. The minimum Gasteiger partial charge on any atom is -0.744 e. The molecular weight excluding hydrogens is 1530 g/mol. The van der Waals surface area contributed by atoms with Crippen LogP contribution in [0.1, 0.15) is 90.9 Å². The van der Waals surface area contributed by atoms with Crippen molar-refractivity contribution >= 4 is 220 Å². The second-order valence-electron chi connectivity index (χ2n) is 21.2. The van der Waals surface area contributed by atoms with Crippen molar-refractivity contribution in [3.05, 3.63) is 207 Å². The largest absolute Gasteiger partial charge is 0.744 e. The monoisotopic (exact) mass is 1580 g/mol. The fourth-order valence-electron chi connectivity index (χ4n) is 8.68. The zero-order valence-electron chi connectivity index (χ0n) is 56.6. The number of hydroxylamine groups is 6. The van der Waals surface area contributed by atoms with Crippen LogP contribution in [0.2, 0.25) is 0 Å². The number of aliphatic imine (C=N–C) groups is 5. The van der Waals surface area contributed by atoms with E-state index in [1.165, 1.54) is 60.5 Å². The Bertz CT molecular complexity index is 4880. The van der Waals surface area contributed by atoms with E-state index in [4.69, 9.17) is 15.9 Å². The second-order valence-corrected chi connectivity index (χ2v) is 24.5. The van der Waals surface area contributed by atoms with Crippen LogP contribution in [-0.4, -0.2) is 142 Å². The van der Waals surface area contributed by atoms with E-state index in [0.29, 0.717) is 32.3 Å². The van der Waals surface area contributed by atoms with E-state index in [0.717, 1.165) is 52.2 Å². The summed E-state index contributed by atoms with van der Waals surface area (Å²) in [5, 5.41) is 16.9. The molecule has 0 bridgehead atoms. The Labute approximate surface area is 644 Å². The highest BCUT2D eigenvalue weighted by atomic mass is 32.2. The molecule has 554 valence electrons. The number of hydrogen-bond acceptors (Lipinski definition) is 30. The van der Waals surface area contributed by atoms with E-state index in [1.54, 1.807) is 60.7 Å². The van der Waals surface area contributed by atoms with Crippen molar-refractivity contribution < 1.29 is 85.0 Å². The molecule has 0 N–H and O–H groups in total. The first-order valence-corrected chi connectivity index (χ1v) is 35.0. The average Bonchev–Trinajstić information content (AvgIpc) is 1.56. The number of carbonyl (C=O) groups is 12. The maximum Gasteiger partial charge on any atom is 0.363 e. The number of thioether (sulfide) groups is 1. The molecule has 10 rings (SSSR count). The highest BCUT2D eigenvalue weighted by Crippen LogP contribution is 2.26. The molecule has 0 radical (unpaired) electrons. The van der Waals surface area contributed by atoms with Gasteiger partial charge in [0.15, 0.2) is 5.12 Å². The summed E-state index contributed by atoms with van der Waals surface area (Å²) in [6.45, 7) is 4.85. The number of amides is 8. The Hall–Kier alpha value is -13.0. The van der Waals surface area contributed by atoms with Gasteiger partial charge < -0.3 is 19.1 Å². The van der Waals surface area contributed by atoms with Gasteiger partial charge in [-0.15, -0.1) is 15.2 Å². The maximum atomic E-state index is 11.7. The summed E-state index contributed by atoms with van der Waals surface area (Å²) in [6, 6.07) is 39.6. The summed E-state index contributed by atoms with van der Waals surface area (Å²) in [5.41, 5.74) is 24.1. The highest BCUT2D eigenvalue weighted by molar-refractivity contribution is 8.14. The number of hydrogen-bond donors (Lipinski definition) is 0. The molecule has 8 amide bonds. The predicted molar refractivity (Wildman–Crippen MR) is 407 cm³/mol. The molecule has 3 saturated heterocycles. The van der Waals surface area contributed by atoms with Gasteiger partial charge in [0, 0.05) is 91.8 Å². The van der Waals surface area contributed by atoms with Crippen molar-refractivity contribution in [1.29, 1.82) is 0 Å². The van der Waals surface area contributed by atoms with E-state index in [9.17, 15) is 70.5 Å². The third-order valence-electron chi connectivity index (χ3n) is 13.7. The van der Waals surface area contributed by atoms with Crippen LogP contribution in [0.4, 0.5) is 39.8 Å². The van der Waals surface area contributed by atoms with Crippen molar-refractivity contribution in [2.24, 2.45) is 35.2 Å². The summed E-state index contributed by atoms with van der Waals surface area (Å²) >= 11 is 18.7. The molecule has 4 heterocycles. The molecule has 6 aromatic rings. The van der Waals surface area contributed by atoms with Crippen LogP contribution in [0.3, 0.4) is 0 Å². The average molecular weight is 1590 g/mol. The molecule has 4 aliphatic heterocycles. The summed E-state index contributed by atoms with van der Waals surface area (Å²) in [4.78, 5) is 173. The Balaban J connectivity index is 0.000000237. The lowest BCUT2D eigenvalue weighted by Crippen LogP contribution is -2.33. The van der Waals surface area contributed by atoms with Gasteiger partial charge in [-0.2, -0.15) is 20.0 Å². The van der Waals surface area contributed by atoms with Crippen LogP contribution < -0.4 is 0 Å². The Morgan fingerprint density at radius 2 is 0.954 bits per heavy atom. The van der Waals surface area contributed by atoms with Crippen LogP contribution in [-0.2, 0) is 83.8 Å². The number of thiocarbonyl (C=S) groups is 4. The molecule has 6 aromatic carbocycles. The summed E-state index contributed by atoms with van der Waals surface area (Å²) in [5.74, 6) is -4.16. The van der Waals surface area contributed by atoms with Crippen LogP contribution in [0.15, 0.2) is 198 Å². The minimum atomic E-state index is -4.65. The number of benzene rings is 6. The topological polar surface area (TPSA) is 462 Å². The van der Waals surface area contributed by atoms with Gasteiger partial charge in [0.1, 0.15) is 15.9 Å². The zero-order valence-corrected chi connectivity index (χ0v) is 61.5. The first kappa shape index (κ1) is 86.6. The quantitative estimate of drug-likeness (QED) is 0.00890. The zero-order chi connectivity index (χ0) is 79.8. The van der Waals surface area contributed by atoms with Crippen molar-refractivity contribution in [3.8, 4) is 0 Å². The van der Waals surface area contributed by atoms with Gasteiger partial charge >= 0.3 is 17.9 Å². The number of nitrogens with zero attached hydrogens (tertiary/aromatic N) is 15. The standard InChI is InChI=1S/C16H10N2O3S3.C16H12N2S.C12H12N2O6.C11H8N4O4.C8H9NO5S.C7H4N4S/c19-24(20,21)16-9-15(18-11-23)8-5-13(16)4-1-12-2-6-14(7-3-12)17-10-22;1-2-17-15-7-3-13(4-8-15)11-14-5-9-16(10-6-14)18-12-19;15-8-3-4-9(16)13(8)7-1-2-12(19)20-14-10(17)5-6-11(14)18;12-14-13-8-3-1-2-7(6-8)11(18)19-15-9(16)4-5-10(15)17;1-5(10)15-4-8(13)14-9-6(11)2-3-7(9)12;8-11-10-7-3-1-6(2-4-7)9-5-12/h1-9H,(H,19,20,21);3-10H,1,11H2;3-4H,1-2,5-7H2;1-3,6H,4-5H2;2-4H2,1H3;1-4H/p-1/b4-1+;;;;;. The van der Waals surface area contributed by atoms with Crippen LogP contribution in [0, 0.1) is 0 Å². The van der Waals surface area contributed by atoms with Crippen molar-refractivity contribution in [3.63, 3.8) is 0 Å². The lowest BCUT2D eigenvalue weighted by atomic mass is 10.0. The van der Waals surface area contributed by atoms with Gasteiger partial charge in [-0.3, -0.25) is 48.1 Å². The van der Waals surface area contributed by atoms with E-state index < -0.39 is 75.3 Å². The SMILES string of the molecule is C=C=Nc1ccc(Cc2ccc(N=C=S)cc2)cc1.CC(=O)SCC(=O)ON1C(=O)CCC1=O.O=C(CCCN1C(=O)C=CC1=O)ON1C(=O)CCC1=O.O=S(=O)([O-])c1cc(N=C=S)ccc1/C=C/c1ccc(N=C=S)cc1.[N-]=[N+]=Nc1ccc(N=C=S)cc1.[N-]=[N+]=Nc1cccc(C(=O)ON2C(=O)CCC2=O)c1. The smallest absolute Gasteiger partial charge is 0.363 e. The molecule has 33 nitrogen and oxygen atoms in total. The maximum absolute atomic E-state index is 11.7. The molecule has 3 fully saturated rings. The van der Waals surface area contributed by atoms with Gasteiger partial charge in [0.25, 0.3) is 47.3 Å². The molecule has 0 saturated carbocycles. The van der Waals surface area contributed by atoms with Gasteiger partial charge in [0.2, 0.25) is 0 Å². The number of rotatable bonds is 22. The van der Waals surface area contributed by atoms with Crippen LogP contribution in [0.25, 0.3) is 33.0 Å². The first-order valence-electron chi connectivity index (χ1n) is 31.0. The van der Waals surface area contributed by atoms with Crippen LogP contribution >= 0.6 is 60.6 Å². The van der Waals surface area contributed by atoms with E-state index in [-0.39, 0.29) is 96.2 Å². The molecule has 0 spiro atoms. The van der Waals surface area contributed by atoms with Gasteiger partial charge in [-0.1, -0.05) is 101 Å². The van der Waals surface area contributed by atoms with Crippen LogP contribution in [0.5, 0.6) is 0 Å². The normalized spacial score (nSPS) is 12.9.